The van der Waals surface area contributed by atoms with Gasteiger partial charge in [0.05, 0.1) is 10.5 Å². The third kappa shape index (κ3) is 4.13. The van der Waals surface area contributed by atoms with Crippen molar-refractivity contribution in [2.45, 2.75) is 43.0 Å². The Kier molecular flexibility index (Phi) is 5.69. The van der Waals surface area contributed by atoms with Gasteiger partial charge in [-0.25, -0.2) is 18.1 Å². The highest BCUT2D eigenvalue weighted by atomic mass is 32.2. The van der Waals surface area contributed by atoms with Crippen LogP contribution < -0.4 is 10.0 Å². The maximum absolute atomic E-state index is 13.6. The van der Waals surface area contributed by atoms with Crippen LogP contribution in [0.2, 0.25) is 0 Å². The predicted molar refractivity (Wildman–Crippen MR) is 116 cm³/mol. The highest BCUT2D eigenvalue weighted by molar-refractivity contribution is 7.90. The standard InChI is InChI=1S/C22H24FN5O2S/c1-28-13-20-17(8-10-19(27-31(20,25)30)14-5-3-2-4-6-14)21(28)22(29)26-16-7-9-18(23)15(11-16)12-24/h7-11,13-14,19H,2-6H2,1H3,(H,26,29)(H2,25,27,30). The van der Waals surface area contributed by atoms with Gasteiger partial charge >= 0.3 is 0 Å². The van der Waals surface area contributed by atoms with Crippen LogP contribution >= 0.6 is 0 Å². The lowest BCUT2D eigenvalue weighted by Gasteiger charge is -2.28. The van der Waals surface area contributed by atoms with E-state index in [1.54, 1.807) is 25.4 Å². The Morgan fingerprint density at radius 1 is 1.35 bits per heavy atom. The van der Waals surface area contributed by atoms with Crippen molar-refractivity contribution in [1.29, 1.82) is 10.0 Å². The molecule has 1 amide bonds. The van der Waals surface area contributed by atoms with Crippen molar-refractivity contribution in [2.75, 3.05) is 5.32 Å². The molecule has 0 radical (unpaired) electrons. The van der Waals surface area contributed by atoms with Gasteiger partial charge in [-0.05, 0) is 37.0 Å². The lowest BCUT2D eigenvalue weighted by atomic mass is 9.84. The van der Waals surface area contributed by atoms with Crippen LogP contribution in [0.3, 0.4) is 0 Å². The molecule has 0 saturated heterocycles. The molecule has 0 bridgehead atoms. The van der Waals surface area contributed by atoms with E-state index < -0.39 is 21.6 Å². The van der Waals surface area contributed by atoms with E-state index in [1.807, 2.05) is 6.08 Å². The van der Waals surface area contributed by atoms with Crippen LogP contribution in [0, 0.1) is 27.8 Å². The number of nitrogens with zero attached hydrogens (tertiary/aromatic N) is 2. The molecular formula is C22H24FN5O2S. The Morgan fingerprint density at radius 2 is 2.10 bits per heavy atom. The Bertz CT molecular complexity index is 1200. The summed E-state index contributed by atoms with van der Waals surface area (Å²) in [5, 5.41) is 11.7. The first-order valence-electron chi connectivity index (χ1n) is 10.2. The van der Waals surface area contributed by atoms with Crippen LogP contribution in [0.4, 0.5) is 10.1 Å². The molecule has 2 aliphatic rings. The Morgan fingerprint density at radius 3 is 2.81 bits per heavy atom. The van der Waals surface area contributed by atoms with Crippen molar-refractivity contribution in [3.8, 4) is 6.07 Å². The molecule has 2 atom stereocenters. The minimum atomic E-state index is -3.31. The lowest BCUT2D eigenvalue weighted by Crippen LogP contribution is -2.38. The van der Waals surface area contributed by atoms with Gasteiger partial charge in [0.1, 0.15) is 27.5 Å². The molecular weight excluding hydrogens is 417 g/mol. The fourth-order valence-corrected chi connectivity index (χ4v) is 5.97. The number of carbonyl (C=O) groups is 1. The fourth-order valence-electron chi connectivity index (χ4n) is 4.41. The highest BCUT2D eigenvalue weighted by Gasteiger charge is 2.31. The molecule has 7 nitrogen and oxygen atoms in total. The lowest BCUT2D eigenvalue weighted by molar-refractivity contribution is 0.101. The van der Waals surface area contributed by atoms with Crippen LogP contribution in [0.1, 0.15) is 53.7 Å². The summed E-state index contributed by atoms with van der Waals surface area (Å²) in [5.74, 6) is -0.838. The predicted octanol–water partition coefficient (Wildman–Crippen LogP) is 4.17. The number of carbonyl (C=O) groups excluding carboxylic acids is 1. The van der Waals surface area contributed by atoms with Crippen LogP contribution in [0.25, 0.3) is 6.08 Å². The number of aromatic nitrogens is 1. The smallest absolute Gasteiger partial charge is 0.272 e. The Balaban J connectivity index is 1.68. The number of anilines is 1. The van der Waals surface area contributed by atoms with Crippen LogP contribution in [-0.2, 0) is 17.0 Å². The first-order chi connectivity index (χ1) is 14.8. The van der Waals surface area contributed by atoms with Crippen LogP contribution in [-0.4, -0.2) is 20.7 Å². The number of nitrogens with one attached hydrogen (secondary N) is 3. The number of halogens is 1. The van der Waals surface area contributed by atoms with Crippen molar-refractivity contribution >= 4 is 27.6 Å². The molecule has 1 saturated carbocycles. The van der Waals surface area contributed by atoms with Gasteiger partial charge in [-0.15, -0.1) is 0 Å². The molecule has 1 aliphatic carbocycles. The van der Waals surface area contributed by atoms with Gasteiger partial charge in [0.2, 0.25) is 0 Å². The third-order valence-electron chi connectivity index (χ3n) is 5.98. The van der Waals surface area contributed by atoms with E-state index in [9.17, 15) is 13.4 Å². The molecule has 0 spiro atoms. The normalized spacial score (nSPS) is 23.6. The Hall–Kier alpha value is -2.96. The van der Waals surface area contributed by atoms with Gasteiger partial charge in [-0.1, -0.05) is 31.4 Å². The Labute approximate surface area is 181 Å². The van der Waals surface area contributed by atoms with Gasteiger partial charge in [0, 0.05) is 30.5 Å². The second kappa shape index (κ2) is 8.29. The van der Waals surface area contributed by atoms with E-state index in [-0.39, 0.29) is 27.9 Å². The number of benzene rings is 1. The van der Waals surface area contributed by atoms with E-state index >= 15 is 0 Å². The first-order valence-corrected chi connectivity index (χ1v) is 11.8. The summed E-state index contributed by atoms with van der Waals surface area (Å²) in [6.45, 7) is 0. The van der Waals surface area contributed by atoms with Gasteiger partial charge in [-0.2, -0.15) is 5.26 Å². The van der Waals surface area contributed by atoms with Crippen molar-refractivity contribution in [3.05, 3.63) is 53.1 Å². The summed E-state index contributed by atoms with van der Waals surface area (Å²) in [4.78, 5) is 13.3. The van der Waals surface area contributed by atoms with Gasteiger partial charge < -0.3 is 9.88 Å². The monoisotopic (exact) mass is 441 g/mol. The molecule has 1 aliphatic heterocycles. The summed E-state index contributed by atoms with van der Waals surface area (Å²) in [5.41, 5.74) is 0.797. The zero-order chi connectivity index (χ0) is 22.2. The summed E-state index contributed by atoms with van der Waals surface area (Å²) in [7, 11) is -1.66. The van der Waals surface area contributed by atoms with Crippen LogP contribution in [0.15, 0.2) is 35.4 Å². The maximum atomic E-state index is 13.6. The second-order valence-corrected chi connectivity index (χ2v) is 9.87. The zero-order valence-corrected chi connectivity index (χ0v) is 18.0. The SMILES string of the molecule is Cn1cc2c(c1C(=O)Nc1ccc(F)c(C#N)c1)C=CC(C1CCCCC1)NS2(=N)=O. The van der Waals surface area contributed by atoms with E-state index in [0.717, 1.165) is 31.7 Å². The number of nitriles is 1. The number of hydrogen-bond acceptors (Lipinski definition) is 4. The molecule has 3 N–H and O–H groups in total. The summed E-state index contributed by atoms with van der Waals surface area (Å²) < 4.78 is 39.9. The number of rotatable bonds is 3. The van der Waals surface area contributed by atoms with Crippen LogP contribution in [0.5, 0.6) is 0 Å². The quantitative estimate of drug-likeness (QED) is 0.664. The summed E-state index contributed by atoms with van der Waals surface area (Å²) in [6.07, 6.45) is 10.7. The number of hydrogen-bond donors (Lipinski definition) is 3. The molecule has 1 aromatic heterocycles. The first kappa shape index (κ1) is 21.3. The highest BCUT2D eigenvalue weighted by Crippen LogP contribution is 2.33. The molecule has 2 aromatic rings. The van der Waals surface area contributed by atoms with Gasteiger partial charge in [-0.3, -0.25) is 4.79 Å². The number of aryl methyl sites for hydroxylation is 1. The average molecular weight is 442 g/mol. The number of amides is 1. The summed E-state index contributed by atoms with van der Waals surface area (Å²) in [6, 6.07) is 5.32. The van der Waals surface area contributed by atoms with Crippen molar-refractivity contribution in [1.82, 2.24) is 9.29 Å². The van der Waals surface area contributed by atoms with Crippen molar-refractivity contribution < 1.29 is 13.4 Å². The molecule has 9 heteroatoms. The van der Waals surface area contributed by atoms with E-state index in [4.69, 9.17) is 10.0 Å². The largest absolute Gasteiger partial charge is 0.345 e. The zero-order valence-electron chi connectivity index (χ0n) is 17.2. The molecule has 1 fully saturated rings. The molecule has 2 heterocycles. The maximum Gasteiger partial charge on any atom is 0.272 e. The number of fused-ring (bicyclic) bond motifs is 1. The fraction of sp³-hybridized carbons (Fsp3) is 0.364. The average Bonchev–Trinajstić information content (AvgIpc) is 3.04. The molecule has 2 unspecified atom stereocenters. The molecule has 31 heavy (non-hydrogen) atoms. The van der Waals surface area contributed by atoms with E-state index in [0.29, 0.717) is 11.5 Å². The van der Waals surface area contributed by atoms with Crippen molar-refractivity contribution in [2.24, 2.45) is 13.0 Å². The van der Waals surface area contributed by atoms with Gasteiger partial charge in [0.15, 0.2) is 0 Å². The topological polar surface area (TPSA) is 111 Å². The minimum Gasteiger partial charge on any atom is -0.345 e. The second-order valence-electron chi connectivity index (χ2n) is 8.08. The van der Waals surface area contributed by atoms with Crippen molar-refractivity contribution in [3.63, 3.8) is 0 Å². The molecule has 1 aromatic carbocycles. The third-order valence-corrected chi connectivity index (χ3v) is 7.53. The van der Waals surface area contributed by atoms with E-state index in [2.05, 4.69) is 10.0 Å². The molecule has 4 rings (SSSR count). The van der Waals surface area contributed by atoms with E-state index in [1.165, 1.54) is 23.1 Å². The molecule has 162 valence electrons. The van der Waals surface area contributed by atoms with Gasteiger partial charge in [0.25, 0.3) is 5.91 Å². The summed E-state index contributed by atoms with van der Waals surface area (Å²) >= 11 is 0. The minimum absolute atomic E-state index is 0.169.